The zero-order chi connectivity index (χ0) is 23.5. The maximum Gasteiger partial charge on any atom is 0.272 e. The van der Waals surface area contributed by atoms with E-state index in [-0.39, 0.29) is 11.0 Å². The Bertz CT molecular complexity index is 1270. The van der Waals surface area contributed by atoms with Crippen LogP contribution in [0.5, 0.6) is 0 Å². The van der Waals surface area contributed by atoms with E-state index in [4.69, 9.17) is 40.4 Å². The van der Waals surface area contributed by atoms with Gasteiger partial charge in [0.05, 0.1) is 11.4 Å². The summed E-state index contributed by atoms with van der Waals surface area (Å²) < 4.78 is 0. The molecule has 0 radical (unpaired) electrons. The molecule has 1 unspecified atom stereocenters. The van der Waals surface area contributed by atoms with Gasteiger partial charge in [-0.2, -0.15) is 0 Å². The summed E-state index contributed by atoms with van der Waals surface area (Å²) in [5, 5.41) is 7.43. The van der Waals surface area contributed by atoms with Crippen LogP contribution in [0.1, 0.15) is 16.7 Å². The first kappa shape index (κ1) is 23.0. The van der Waals surface area contributed by atoms with Crippen molar-refractivity contribution < 1.29 is 4.79 Å². The average Bonchev–Trinajstić information content (AvgIpc) is 2.90. The second-order valence-electron chi connectivity index (χ2n) is 7.34. The molecule has 0 aliphatic carbocycles. The minimum absolute atomic E-state index is 0.263. The number of amides is 1. The maximum absolute atomic E-state index is 13.3. The molecular formula is C25H20Cl2N4OS. The number of fused-ring (bicyclic) bond motifs is 1. The number of likely N-dealkylation sites (N-methyl/N-ethyl adjacent to an activating group) is 1. The Hall–Kier alpha value is -3.19. The first-order valence-corrected chi connectivity index (χ1v) is 11.2. The number of aliphatic imine (C=N–C) groups is 1. The number of rotatable bonds is 4. The molecule has 166 valence electrons. The maximum atomic E-state index is 13.3. The molecule has 0 saturated carbocycles. The third kappa shape index (κ3) is 4.93. The van der Waals surface area contributed by atoms with Crippen LogP contribution in [0, 0.1) is 0 Å². The normalized spacial score (nSPS) is 15.2. The van der Waals surface area contributed by atoms with Crippen molar-refractivity contribution in [3.63, 3.8) is 0 Å². The predicted molar refractivity (Wildman–Crippen MR) is 142 cm³/mol. The number of nitrogens with zero attached hydrogens (tertiary/aromatic N) is 2. The Morgan fingerprint density at radius 3 is 2.52 bits per heavy atom. The van der Waals surface area contributed by atoms with Gasteiger partial charge in [-0.25, -0.2) is 4.99 Å². The molecule has 3 aromatic carbocycles. The number of carbonyl (C=O) groups is 1. The number of nitrogens with one attached hydrogen (secondary N) is 2. The van der Waals surface area contributed by atoms with Gasteiger partial charge in [-0.15, -0.1) is 0 Å². The van der Waals surface area contributed by atoms with E-state index in [0.29, 0.717) is 32.6 Å². The summed E-state index contributed by atoms with van der Waals surface area (Å²) in [7, 11) is 1.69. The molecule has 0 saturated heterocycles. The molecule has 8 heteroatoms. The van der Waals surface area contributed by atoms with E-state index >= 15 is 0 Å². The van der Waals surface area contributed by atoms with Gasteiger partial charge in [-0.1, -0.05) is 66.2 Å². The topological polar surface area (TPSA) is 56.7 Å². The highest BCUT2D eigenvalue weighted by Crippen LogP contribution is 2.31. The van der Waals surface area contributed by atoms with Crippen molar-refractivity contribution in [2.45, 2.75) is 6.17 Å². The van der Waals surface area contributed by atoms with E-state index in [0.717, 1.165) is 11.3 Å². The van der Waals surface area contributed by atoms with Crippen LogP contribution in [0.25, 0.3) is 6.08 Å². The lowest BCUT2D eigenvalue weighted by Crippen LogP contribution is -2.47. The fraction of sp³-hybridized carbons (Fsp3) is 0.0800. The summed E-state index contributed by atoms with van der Waals surface area (Å²) in [6.45, 7) is 3.75. The standard InChI is InChI=1S/C25H20Cl2N4OS/c1-3-15-8-11-17(12-9-15)28-25(33)30-23-24(32)31(2)21-13-10-16(26)14-19(21)22(29-23)18-6-4-5-7-20(18)27/h3-14,23H,1H2,2H3,(H2,28,30,33). The van der Waals surface area contributed by atoms with Crippen molar-refractivity contribution in [2.24, 2.45) is 4.99 Å². The van der Waals surface area contributed by atoms with Crippen LogP contribution in [-0.4, -0.2) is 29.9 Å². The monoisotopic (exact) mass is 494 g/mol. The molecule has 1 aliphatic heterocycles. The van der Waals surface area contributed by atoms with Crippen LogP contribution in [0.2, 0.25) is 10.0 Å². The van der Waals surface area contributed by atoms with Crippen LogP contribution in [0.4, 0.5) is 11.4 Å². The number of anilines is 2. The lowest BCUT2D eigenvalue weighted by atomic mass is 10.00. The number of benzodiazepines with no additional fused rings is 1. The van der Waals surface area contributed by atoms with E-state index < -0.39 is 6.17 Å². The average molecular weight is 495 g/mol. The largest absolute Gasteiger partial charge is 0.333 e. The number of hydrogen-bond donors (Lipinski definition) is 2. The zero-order valence-corrected chi connectivity index (χ0v) is 20.0. The molecule has 0 aromatic heterocycles. The Labute approximate surface area is 207 Å². The van der Waals surface area contributed by atoms with Gasteiger partial charge in [0, 0.05) is 33.9 Å². The molecule has 0 spiro atoms. The summed E-state index contributed by atoms with van der Waals surface area (Å²) in [4.78, 5) is 19.6. The Balaban J connectivity index is 1.71. The van der Waals surface area contributed by atoms with Crippen molar-refractivity contribution in [1.82, 2.24) is 5.32 Å². The van der Waals surface area contributed by atoms with Gasteiger partial charge in [-0.3, -0.25) is 4.79 Å². The smallest absolute Gasteiger partial charge is 0.272 e. The van der Waals surface area contributed by atoms with E-state index in [2.05, 4.69) is 17.2 Å². The van der Waals surface area contributed by atoms with Gasteiger partial charge in [-0.05, 0) is 54.2 Å². The number of hydrogen-bond acceptors (Lipinski definition) is 3. The third-order valence-electron chi connectivity index (χ3n) is 5.20. The van der Waals surface area contributed by atoms with Crippen molar-refractivity contribution in [3.8, 4) is 0 Å². The summed E-state index contributed by atoms with van der Waals surface area (Å²) >= 11 is 18.3. The summed E-state index contributed by atoms with van der Waals surface area (Å²) in [5.74, 6) is -0.271. The molecule has 5 nitrogen and oxygen atoms in total. The molecule has 1 aliphatic rings. The van der Waals surface area contributed by atoms with Gasteiger partial charge < -0.3 is 15.5 Å². The molecule has 3 aromatic rings. The first-order valence-electron chi connectivity index (χ1n) is 10.1. The number of benzene rings is 3. The summed E-state index contributed by atoms with van der Waals surface area (Å²) in [5.41, 5.74) is 4.38. The van der Waals surface area contributed by atoms with E-state index in [1.807, 2.05) is 42.5 Å². The SMILES string of the molecule is C=Cc1ccc(NC(=S)NC2N=C(c3ccccc3Cl)c3cc(Cl)ccc3N(C)C2=O)cc1. The number of carbonyl (C=O) groups excluding carboxylic acids is 1. The number of halogens is 2. The van der Waals surface area contributed by atoms with Gasteiger partial charge in [0.2, 0.25) is 6.17 Å². The highest BCUT2D eigenvalue weighted by atomic mass is 35.5. The summed E-state index contributed by atoms with van der Waals surface area (Å²) in [6.07, 6.45) is 0.787. The van der Waals surface area contributed by atoms with E-state index in [1.165, 1.54) is 4.90 Å². The van der Waals surface area contributed by atoms with Crippen LogP contribution < -0.4 is 15.5 Å². The lowest BCUT2D eigenvalue weighted by molar-refractivity contribution is -0.119. The fourth-order valence-electron chi connectivity index (χ4n) is 3.50. The molecule has 2 N–H and O–H groups in total. The van der Waals surface area contributed by atoms with Gasteiger partial charge in [0.1, 0.15) is 0 Å². The third-order valence-corrected chi connectivity index (χ3v) is 5.98. The Morgan fingerprint density at radius 1 is 1.09 bits per heavy atom. The van der Waals surface area contributed by atoms with E-state index in [1.54, 1.807) is 37.4 Å². The van der Waals surface area contributed by atoms with Gasteiger partial charge >= 0.3 is 0 Å². The summed E-state index contributed by atoms with van der Waals surface area (Å²) in [6, 6.07) is 20.2. The molecule has 1 amide bonds. The van der Waals surface area contributed by atoms with Gasteiger partial charge in [0.15, 0.2) is 5.11 Å². The molecule has 4 rings (SSSR count). The van der Waals surface area contributed by atoms with Crippen molar-refractivity contribution in [3.05, 3.63) is 100 Å². The lowest BCUT2D eigenvalue weighted by Gasteiger charge is -2.22. The van der Waals surface area contributed by atoms with Crippen molar-refractivity contribution >= 4 is 69.6 Å². The van der Waals surface area contributed by atoms with Crippen LogP contribution in [0.15, 0.2) is 78.3 Å². The van der Waals surface area contributed by atoms with Crippen LogP contribution in [0.3, 0.4) is 0 Å². The second-order valence-corrected chi connectivity index (χ2v) is 8.60. The fourth-order valence-corrected chi connectivity index (χ4v) is 4.13. The molecule has 1 atom stereocenters. The van der Waals surface area contributed by atoms with Crippen LogP contribution >= 0.6 is 35.4 Å². The second kappa shape index (κ2) is 9.75. The Morgan fingerprint density at radius 2 is 1.82 bits per heavy atom. The first-order chi connectivity index (χ1) is 15.9. The molecule has 0 fully saturated rings. The quantitative estimate of drug-likeness (QED) is 0.452. The zero-order valence-electron chi connectivity index (χ0n) is 17.7. The molecule has 1 heterocycles. The van der Waals surface area contributed by atoms with Gasteiger partial charge in [0.25, 0.3) is 5.91 Å². The highest BCUT2D eigenvalue weighted by molar-refractivity contribution is 7.80. The van der Waals surface area contributed by atoms with Crippen LogP contribution in [-0.2, 0) is 4.79 Å². The highest BCUT2D eigenvalue weighted by Gasteiger charge is 2.31. The van der Waals surface area contributed by atoms with Crippen molar-refractivity contribution in [1.29, 1.82) is 0 Å². The molecule has 0 bridgehead atoms. The minimum atomic E-state index is -0.972. The number of thiocarbonyl (C=S) groups is 1. The predicted octanol–water partition coefficient (Wildman–Crippen LogP) is 5.76. The molecular weight excluding hydrogens is 475 g/mol. The molecule has 33 heavy (non-hydrogen) atoms. The minimum Gasteiger partial charge on any atom is -0.333 e. The Kier molecular flexibility index (Phi) is 6.79. The van der Waals surface area contributed by atoms with E-state index in [9.17, 15) is 4.79 Å². The van der Waals surface area contributed by atoms with Crippen molar-refractivity contribution in [2.75, 3.05) is 17.3 Å².